The fourth-order valence-electron chi connectivity index (χ4n) is 2.98. The van der Waals surface area contributed by atoms with Crippen LogP contribution in [0.5, 0.6) is 0 Å². The fraction of sp³-hybridized carbons (Fsp3) is 0.773. The summed E-state index contributed by atoms with van der Waals surface area (Å²) in [6, 6.07) is 0. The van der Waals surface area contributed by atoms with Crippen molar-refractivity contribution in [2.75, 3.05) is 24.7 Å². The van der Waals surface area contributed by atoms with E-state index in [1.807, 2.05) is 6.26 Å². The Morgan fingerprint density at radius 1 is 1.06 bits per heavy atom. The van der Waals surface area contributed by atoms with Crippen LogP contribution in [0.15, 0.2) is 14.6 Å². The molecule has 0 bridgehead atoms. The molecule has 0 atom stereocenters. The molecule has 3 rings (SSSR count). The van der Waals surface area contributed by atoms with Gasteiger partial charge in [-0.25, -0.2) is 9.29 Å². The van der Waals surface area contributed by atoms with Gasteiger partial charge in [0, 0.05) is 24.5 Å². The summed E-state index contributed by atoms with van der Waals surface area (Å²) in [4.78, 5) is 13.3. The van der Waals surface area contributed by atoms with Crippen molar-refractivity contribution in [3.63, 3.8) is 0 Å². The van der Waals surface area contributed by atoms with Crippen molar-refractivity contribution < 1.29 is 0 Å². The maximum absolute atomic E-state index is 5.92. The third-order valence-corrected chi connectivity index (χ3v) is 7.22. The van der Waals surface area contributed by atoms with Crippen molar-refractivity contribution in [1.29, 1.82) is 0 Å². The number of rotatable bonds is 10. The largest absolute Gasteiger partial charge is 0.349 e. The summed E-state index contributed by atoms with van der Waals surface area (Å²) < 4.78 is 2.99. The van der Waals surface area contributed by atoms with E-state index >= 15 is 0 Å². The topological polar surface area (TPSA) is 53.9 Å². The van der Waals surface area contributed by atoms with E-state index in [1.54, 1.807) is 23.7 Å². The number of thioether (sulfide) groups is 1. The molecule has 0 unspecified atom stereocenters. The molecule has 176 valence electrons. The zero-order valence-corrected chi connectivity index (χ0v) is 22.7. The number of halogens is 2. The first-order valence-electron chi connectivity index (χ1n) is 11.3. The lowest BCUT2D eigenvalue weighted by Crippen LogP contribution is -2.27. The summed E-state index contributed by atoms with van der Waals surface area (Å²) in [6.07, 6.45) is 12.4. The Balaban J connectivity index is 0.000000221. The van der Waals surface area contributed by atoms with Crippen LogP contribution in [0.2, 0.25) is 0 Å². The summed E-state index contributed by atoms with van der Waals surface area (Å²) in [5, 5.41) is 4.91. The van der Waals surface area contributed by atoms with Crippen LogP contribution in [0.1, 0.15) is 90.8 Å². The van der Waals surface area contributed by atoms with E-state index in [-0.39, 0.29) is 5.54 Å². The van der Waals surface area contributed by atoms with E-state index in [4.69, 9.17) is 23.2 Å². The van der Waals surface area contributed by atoms with Gasteiger partial charge in [-0.15, -0.1) is 0 Å². The molecule has 0 saturated heterocycles. The van der Waals surface area contributed by atoms with Gasteiger partial charge in [-0.1, -0.05) is 74.0 Å². The molecule has 0 radical (unpaired) electrons. The van der Waals surface area contributed by atoms with Gasteiger partial charge in [-0.3, -0.25) is 0 Å². The van der Waals surface area contributed by atoms with Crippen LogP contribution < -0.4 is 5.32 Å². The van der Waals surface area contributed by atoms with Crippen LogP contribution in [0, 0.1) is 0 Å². The van der Waals surface area contributed by atoms with Gasteiger partial charge in [0.2, 0.25) is 5.95 Å². The van der Waals surface area contributed by atoms with E-state index in [0.29, 0.717) is 11.9 Å². The van der Waals surface area contributed by atoms with Gasteiger partial charge in [0.05, 0.1) is 5.03 Å². The molecular formula is C22H37Cl2N5S2. The van der Waals surface area contributed by atoms with Crippen molar-refractivity contribution in [1.82, 2.24) is 19.3 Å². The summed E-state index contributed by atoms with van der Waals surface area (Å²) >= 11 is 15.0. The van der Waals surface area contributed by atoms with Crippen LogP contribution in [-0.2, 0) is 0 Å². The predicted octanol–water partition coefficient (Wildman–Crippen LogP) is 7.64. The molecule has 0 spiro atoms. The van der Waals surface area contributed by atoms with E-state index in [2.05, 4.69) is 52.3 Å². The minimum absolute atomic E-state index is 0.0160. The van der Waals surface area contributed by atoms with E-state index < -0.39 is 0 Å². The van der Waals surface area contributed by atoms with Crippen LogP contribution in [0.25, 0.3) is 0 Å². The third-order valence-electron chi connectivity index (χ3n) is 4.74. The smallest absolute Gasteiger partial charge is 0.227 e. The van der Waals surface area contributed by atoms with Gasteiger partial charge < -0.3 is 5.32 Å². The molecule has 1 saturated carbocycles. The average molecular weight is 507 g/mol. The molecule has 1 aliphatic heterocycles. The average Bonchev–Trinajstić information content (AvgIpc) is 3.50. The minimum Gasteiger partial charge on any atom is -0.349 e. The molecule has 1 aliphatic carbocycles. The van der Waals surface area contributed by atoms with Crippen molar-refractivity contribution in [3.05, 3.63) is 15.2 Å². The molecule has 0 aromatic carbocycles. The molecule has 2 heterocycles. The highest BCUT2D eigenvalue weighted by Crippen LogP contribution is 2.39. The second-order valence-electron chi connectivity index (χ2n) is 9.05. The van der Waals surface area contributed by atoms with Crippen LogP contribution in [-0.4, -0.2) is 44.1 Å². The molecule has 2 aliphatic rings. The first-order chi connectivity index (χ1) is 14.7. The Kier molecular flexibility index (Phi) is 11.8. The van der Waals surface area contributed by atoms with E-state index in [9.17, 15) is 0 Å². The standard InChI is InChI=1S/C11H19Cl2NS.C11H18N4S/c1-2-3-4-5-6-7-8-14-9-10(12)11(13)15-14;1-11(2,3)15-9-12-8(7-5-6-7)13-10(14-9)16-4/h2-9H2,1H3;7H,5-6H2,1-4H3,(H,12,13,14,15). The summed E-state index contributed by atoms with van der Waals surface area (Å²) in [5.41, 5.74) is -0.0160. The number of anilines is 1. The maximum Gasteiger partial charge on any atom is 0.227 e. The zero-order chi connectivity index (χ0) is 22.9. The first-order valence-corrected chi connectivity index (χ1v) is 14.0. The second kappa shape index (κ2) is 13.5. The molecule has 1 fully saturated rings. The minimum atomic E-state index is -0.0160. The predicted molar refractivity (Wildman–Crippen MR) is 138 cm³/mol. The van der Waals surface area contributed by atoms with Crippen molar-refractivity contribution in [2.24, 2.45) is 0 Å². The van der Waals surface area contributed by atoms with Crippen LogP contribution in [0.3, 0.4) is 0 Å². The Bertz CT molecular complexity index is 706. The van der Waals surface area contributed by atoms with Gasteiger partial charge >= 0.3 is 0 Å². The number of unbranched alkanes of at least 4 members (excludes halogenated alkanes) is 5. The van der Waals surface area contributed by atoms with E-state index in [0.717, 1.165) is 33.5 Å². The Labute approximate surface area is 207 Å². The van der Waals surface area contributed by atoms with Crippen molar-refractivity contribution >= 4 is 52.9 Å². The lowest BCUT2D eigenvalue weighted by molar-refractivity contribution is 0.483. The van der Waals surface area contributed by atoms with Gasteiger partial charge in [0.15, 0.2) is 5.16 Å². The second-order valence-corrected chi connectivity index (χ2v) is 12.0. The maximum atomic E-state index is 5.92. The molecule has 0 amide bonds. The normalized spacial score (nSPS) is 17.0. The quantitative estimate of drug-likeness (QED) is 0.199. The van der Waals surface area contributed by atoms with Gasteiger partial charge in [-0.2, -0.15) is 9.97 Å². The lowest BCUT2D eigenvalue weighted by Gasteiger charge is -2.20. The van der Waals surface area contributed by atoms with Crippen molar-refractivity contribution in [3.8, 4) is 0 Å². The van der Waals surface area contributed by atoms with Gasteiger partial charge in [0.25, 0.3) is 0 Å². The molecule has 1 aromatic rings. The third kappa shape index (κ3) is 11.0. The molecule has 5 nitrogen and oxygen atoms in total. The highest BCUT2D eigenvalue weighted by molar-refractivity contribution is 8.02. The number of hydrogen-bond acceptors (Lipinski definition) is 7. The molecule has 1 N–H and O–H groups in total. The number of aromatic nitrogens is 3. The summed E-state index contributed by atoms with van der Waals surface area (Å²) in [6.45, 7) is 10.5. The highest BCUT2D eigenvalue weighted by atomic mass is 35.5. The number of nitrogens with one attached hydrogen (secondary N) is 1. The SMILES string of the molecule is CCCCCCCCN1CC(Cl)=C(Cl)S1.CSc1nc(NC(C)(C)C)nc(C2CC2)n1. The molecular weight excluding hydrogens is 469 g/mol. The number of hydrogen-bond donors (Lipinski definition) is 1. The summed E-state index contributed by atoms with van der Waals surface area (Å²) in [7, 11) is 0. The highest BCUT2D eigenvalue weighted by Gasteiger charge is 2.28. The molecule has 31 heavy (non-hydrogen) atoms. The monoisotopic (exact) mass is 505 g/mol. The van der Waals surface area contributed by atoms with Gasteiger partial charge in [0.1, 0.15) is 10.2 Å². The fourth-order valence-corrected chi connectivity index (χ4v) is 4.82. The van der Waals surface area contributed by atoms with Crippen LogP contribution in [0.4, 0.5) is 5.95 Å². The lowest BCUT2D eigenvalue weighted by atomic mass is 10.1. The van der Waals surface area contributed by atoms with E-state index in [1.165, 1.54) is 51.4 Å². The zero-order valence-electron chi connectivity index (χ0n) is 19.5. The van der Waals surface area contributed by atoms with Crippen molar-refractivity contribution in [2.45, 2.75) is 95.7 Å². The summed E-state index contributed by atoms with van der Waals surface area (Å²) in [5.74, 6) is 2.22. The first kappa shape index (κ1) is 27.0. The Morgan fingerprint density at radius 3 is 2.29 bits per heavy atom. The Morgan fingerprint density at radius 2 is 1.74 bits per heavy atom. The molecule has 9 heteroatoms. The Hall–Kier alpha value is -0.210. The van der Waals surface area contributed by atoms with Crippen LogP contribution >= 0.6 is 46.9 Å². The number of nitrogens with zero attached hydrogens (tertiary/aromatic N) is 4. The van der Waals surface area contributed by atoms with Gasteiger partial charge in [-0.05, 0) is 58.2 Å². The molecule has 1 aromatic heterocycles.